The molecule has 1 aromatic carbocycles. The second kappa shape index (κ2) is 5.87. The van der Waals surface area contributed by atoms with Gasteiger partial charge in [0.05, 0.1) is 4.88 Å². The lowest BCUT2D eigenvalue weighted by atomic mass is 10.1. The predicted octanol–water partition coefficient (Wildman–Crippen LogP) is 5.07. The number of halogens is 3. The molecule has 0 fully saturated rings. The second-order valence-electron chi connectivity index (χ2n) is 3.51. The summed E-state index contributed by atoms with van der Waals surface area (Å²) in [7, 11) is 0. The average Bonchev–Trinajstić information content (AvgIpc) is 2.74. The van der Waals surface area contributed by atoms with E-state index in [-0.39, 0.29) is 9.58 Å². The Morgan fingerprint density at radius 2 is 1.82 bits per heavy atom. The molecule has 0 N–H and O–H groups in total. The first-order chi connectivity index (χ1) is 7.72. The van der Waals surface area contributed by atoms with E-state index in [0.717, 1.165) is 16.9 Å². The van der Waals surface area contributed by atoms with Crippen molar-refractivity contribution in [2.45, 2.75) is 19.8 Å². The van der Waals surface area contributed by atoms with Crippen LogP contribution in [0, 0.1) is 0 Å². The number of hydrogen-bond donors (Lipinski definition) is 0. The van der Waals surface area contributed by atoms with Crippen LogP contribution in [0.25, 0.3) is 11.1 Å². The average molecular weight is 258 g/mol. The van der Waals surface area contributed by atoms with Gasteiger partial charge in [0, 0.05) is 10.4 Å². The summed E-state index contributed by atoms with van der Waals surface area (Å²) in [4.78, 5) is 1.19. The molecular formula is C13H13F3S. The highest BCUT2D eigenvalue weighted by Gasteiger charge is 2.17. The molecular weight excluding hydrogens is 245 g/mol. The van der Waals surface area contributed by atoms with E-state index < -0.39 is 6.43 Å². The zero-order valence-corrected chi connectivity index (χ0v) is 10.1. The number of thiophene rings is 1. The number of benzene rings is 1. The van der Waals surface area contributed by atoms with Gasteiger partial charge in [-0.25, -0.2) is 8.78 Å². The third-order valence-corrected chi connectivity index (χ3v) is 3.73. The van der Waals surface area contributed by atoms with E-state index in [1.165, 1.54) is 11.3 Å². The summed E-state index contributed by atoms with van der Waals surface area (Å²) in [6.45, 7) is 1.98. The van der Waals surface area contributed by atoms with E-state index in [2.05, 4.69) is 0 Å². The van der Waals surface area contributed by atoms with Crippen molar-refractivity contribution in [1.29, 1.82) is 0 Å². The Kier molecular flexibility index (Phi) is 4.75. The van der Waals surface area contributed by atoms with Crippen molar-refractivity contribution >= 4 is 11.3 Å². The number of alkyl halides is 2. The minimum absolute atomic E-state index is 0. The third-order valence-electron chi connectivity index (χ3n) is 2.44. The fraction of sp³-hybridized carbons (Fsp3) is 0.231. The van der Waals surface area contributed by atoms with Crippen molar-refractivity contribution in [3.05, 3.63) is 46.2 Å². The Labute approximate surface area is 102 Å². The van der Waals surface area contributed by atoms with Gasteiger partial charge in [0.1, 0.15) is 0 Å². The normalized spacial score (nSPS) is 10.4. The highest BCUT2D eigenvalue weighted by Crippen LogP contribution is 2.38. The molecule has 0 saturated heterocycles. The molecule has 0 nitrogen and oxygen atoms in total. The molecule has 92 valence electrons. The van der Waals surface area contributed by atoms with E-state index in [0.29, 0.717) is 5.56 Å². The molecule has 0 unspecified atom stereocenters. The standard InChI is InChI=1S/C13H12F2S.FH/c1-2-10-8-11(12(16-10)13(14)15)9-6-4-3-5-7-9;/h3-8,13H,2H2,1H3;1H. The summed E-state index contributed by atoms with van der Waals surface area (Å²) in [6, 6.07) is 11.2. The van der Waals surface area contributed by atoms with Crippen molar-refractivity contribution in [2.75, 3.05) is 0 Å². The fourth-order valence-electron chi connectivity index (χ4n) is 1.64. The molecule has 4 heteroatoms. The Morgan fingerprint density at radius 3 is 2.35 bits per heavy atom. The Bertz CT molecular complexity index is 463. The van der Waals surface area contributed by atoms with Crippen molar-refractivity contribution in [1.82, 2.24) is 0 Å². The molecule has 0 aliphatic rings. The van der Waals surface area contributed by atoms with Crippen LogP contribution in [0.2, 0.25) is 0 Å². The van der Waals surface area contributed by atoms with Crippen LogP contribution in [0.4, 0.5) is 13.5 Å². The van der Waals surface area contributed by atoms with E-state index in [4.69, 9.17) is 0 Å². The molecule has 2 rings (SSSR count). The van der Waals surface area contributed by atoms with Crippen molar-refractivity contribution in [3.8, 4) is 11.1 Å². The molecule has 0 radical (unpaired) electrons. The van der Waals surface area contributed by atoms with Crippen LogP contribution >= 0.6 is 11.3 Å². The molecule has 1 heterocycles. The van der Waals surface area contributed by atoms with E-state index >= 15 is 0 Å². The van der Waals surface area contributed by atoms with E-state index in [9.17, 15) is 8.78 Å². The first-order valence-corrected chi connectivity index (χ1v) is 6.00. The van der Waals surface area contributed by atoms with Gasteiger partial charge in [-0.2, -0.15) is 0 Å². The van der Waals surface area contributed by atoms with E-state index in [1.807, 2.05) is 43.3 Å². The fourth-order valence-corrected chi connectivity index (χ4v) is 2.62. The predicted molar refractivity (Wildman–Crippen MR) is 66.6 cm³/mol. The summed E-state index contributed by atoms with van der Waals surface area (Å²) in [5.74, 6) is 0. The first-order valence-electron chi connectivity index (χ1n) is 5.18. The van der Waals surface area contributed by atoms with Gasteiger partial charge in [0.15, 0.2) is 0 Å². The van der Waals surface area contributed by atoms with Crippen molar-refractivity contribution in [2.24, 2.45) is 0 Å². The Morgan fingerprint density at radius 1 is 1.18 bits per heavy atom. The number of aryl methyl sites for hydroxylation is 1. The molecule has 0 spiro atoms. The van der Waals surface area contributed by atoms with Gasteiger partial charge in [-0.15, -0.1) is 11.3 Å². The monoisotopic (exact) mass is 258 g/mol. The quantitative estimate of drug-likeness (QED) is 0.721. The van der Waals surface area contributed by atoms with Crippen molar-refractivity contribution in [3.63, 3.8) is 0 Å². The zero-order valence-electron chi connectivity index (χ0n) is 9.32. The minimum atomic E-state index is -2.39. The molecule has 0 bridgehead atoms. The smallest absolute Gasteiger partial charge is 0.269 e. The summed E-state index contributed by atoms with van der Waals surface area (Å²) in [6.07, 6.45) is -1.59. The lowest BCUT2D eigenvalue weighted by Gasteiger charge is -2.01. The molecule has 2 aromatic rings. The van der Waals surface area contributed by atoms with Gasteiger partial charge in [-0.3, -0.25) is 4.70 Å². The van der Waals surface area contributed by atoms with E-state index in [1.54, 1.807) is 0 Å². The Balaban J connectivity index is 0.00000144. The van der Waals surface area contributed by atoms with Gasteiger partial charge in [0.25, 0.3) is 6.43 Å². The lowest BCUT2D eigenvalue weighted by molar-refractivity contribution is 0.156. The molecule has 0 saturated carbocycles. The summed E-state index contributed by atoms with van der Waals surface area (Å²) < 4.78 is 25.7. The highest BCUT2D eigenvalue weighted by molar-refractivity contribution is 7.12. The molecule has 0 aliphatic carbocycles. The maximum absolute atomic E-state index is 12.9. The van der Waals surface area contributed by atoms with Crippen LogP contribution in [-0.2, 0) is 6.42 Å². The van der Waals surface area contributed by atoms with Crippen LogP contribution < -0.4 is 0 Å². The van der Waals surface area contributed by atoms with Crippen LogP contribution in [-0.4, -0.2) is 0 Å². The summed E-state index contributed by atoms with van der Waals surface area (Å²) in [5, 5.41) is 0. The number of rotatable bonds is 3. The molecule has 0 amide bonds. The van der Waals surface area contributed by atoms with Crippen LogP contribution in [0.5, 0.6) is 0 Å². The first kappa shape index (κ1) is 13.8. The van der Waals surface area contributed by atoms with Gasteiger partial charge >= 0.3 is 0 Å². The maximum Gasteiger partial charge on any atom is 0.273 e. The van der Waals surface area contributed by atoms with Gasteiger partial charge in [0.2, 0.25) is 0 Å². The van der Waals surface area contributed by atoms with Crippen LogP contribution in [0.15, 0.2) is 36.4 Å². The van der Waals surface area contributed by atoms with Crippen LogP contribution in [0.1, 0.15) is 23.1 Å². The molecule has 17 heavy (non-hydrogen) atoms. The number of hydrogen-bond acceptors (Lipinski definition) is 1. The maximum atomic E-state index is 12.9. The topological polar surface area (TPSA) is 0 Å². The lowest BCUT2D eigenvalue weighted by Crippen LogP contribution is -1.82. The van der Waals surface area contributed by atoms with Crippen LogP contribution in [0.3, 0.4) is 0 Å². The largest absolute Gasteiger partial charge is 0.273 e. The van der Waals surface area contributed by atoms with Gasteiger partial charge in [-0.1, -0.05) is 37.3 Å². The van der Waals surface area contributed by atoms with Crippen molar-refractivity contribution < 1.29 is 13.5 Å². The summed E-state index contributed by atoms with van der Waals surface area (Å²) >= 11 is 1.21. The third kappa shape index (κ3) is 2.88. The zero-order chi connectivity index (χ0) is 11.5. The Hall–Kier alpha value is -1.29. The highest BCUT2D eigenvalue weighted by atomic mass is 32.1. The van der Waals surface area contributed by atoms with Gasteiger partial charge in [-0.05, 0) is 18.1 Å². The molecule has 1 aromatic heterocycles. The SMILES string of the molecule is CCc1cc(-c2ccccc2)c(C(F)F)s1.F. The molecule has 0 aliphatic heterocycles. The molecule has 0 atom stereocenters. The second-order valence-corrected chi connectivity index (χ2v) is 4.68. The van der Waals surface area contributed by atoms with Gasteiger partial charge < -0.3 is 0 Å². The minimum Gasteiger partial charge on any atom is -0.269 e. The summed E-state index contributed by atoms with van der Waals surface area (Å²) in [5.41, 5.74) is 1.55.